The van der Waals surface area contributed by atoms with E-state index >= 15 is 0 Å². The summed E-state index contributed by atoms with van der Waals surface area (Å²) in [6.45, 7) is 5.33. The van der Waals surface area contributed by atoms with Crippen LogP contribution in [0.4, 0.5) is 0 Å². The van der Waals surface area contributed by atoms with Crippen molar-refractivity contribution in [3.8, 4) is 6.07 Å². The minimum atomic E-state index is -0.524. The normalized spacial score (nSPS) is 20.0. The third-order valence-corrected chi connectivity index (χ3v) is 3.79. The van der Waals surface area contributed by atoms with Gasteiger partial charge < -0.3 is 9.84 Å². The largest absolute Gasteiger partial charge is 0.387 e. The van der Waals surface area contributed by atoms with Crippen LogP contribution in [0.25, 0.3) is 0 Å². The van der Waals surface area contributed by atoms with Gasteiger partial charge in [0.15, 0.2) is 0 Å². The predicted molar refractivity (Wildman–Crippen MR) is 77.2 cm³/mol. The van der Waals surface area contributed by atoms with Crippen LogP contribution in [0.3, 0.4) is 0 Å². The Kier molecular flexibility index (Phi) is 5.54. The monoisotopic (exact) mass is 274 g/mol. The molecule has 4 nitrogen and oxygen atoms in total. The van der Waals surface area contributed by atoms with Crippen molar-refractivity contribution < 1.29 is 9.84 Å². The summed E-state index contributed by atoms with van der Waals surface area (Å²) >= 11 is 0. The van der Waals surface area contributed by atoms with Crippen molar-refractivity contribution in [1.29, 1.82) is 5.26 Å². The first-order valence-corrected chi connectivity index (χ1v) is 7.25. The van der Waals surface area contributed by atoms with Crippen LogP contribution in [0.15, 0.2) is 24.3 Å². The van der Waals surface area contributed by atoms with Crippen molar-refractivity contribution in [2.75, 3.05) is 26.2 Å². The standard InChI is InChI=1S/C16H22N2O2/c1-2-18(11-15-4-3-9-20-15)12-16(19)14-7-5-13(10-17)6-8-14/h5-8,15-16,19H,2-4,9,11-12H2,1H3. The number of hydrogen-bond donors (Lipinski definition) is 1. The molecule has 2 unspecified atom stereocenters. The highest BCUT2D eigenvalue weighted by Crippen LogP contribution is 2.18. The molecule has 0 radical (unpaired) electrons. The molecule has 108 valence electrons. The van der Waals surface area contributed by atoms with E-state index in [0.29, 0.717) is 18.2 Å². The van der Waals surface area contributed by atoms with E-state index < -0.39 is 6.10 Å². The highest BCUT2D eigenvalue weighted by Gasteiger charge is 2.20. The quantitative estimate of drug-likeness (QED) is 0.863. The zero-order chi connectivity index (χ0) is 14.4. The Morgan fingerprint density at radius 2 is 2.20 bits per heavy atom. The van der Waals surface area contributed by atoms with Gasteiger partial charge in [-0.3, -0.25) is 4.90 Å². The predicted octanol–water partition coefficient (Wildman–Crippen LogP) is 2.09. The van der Waals surface area contributed by atoms with Gasteiger partial charge in [0.1, 0.15) is 0 Å². The summed E-state index contributed by atoms with van der Waals surface area (Å²) < 4.78 is 5.64. The minimum absolute atomic E-state index is 0.308. The fourth-order valence-corrected chi connectivity index (χ4v) is 2.54. The van der Waals surface area contributed by atoms with E-state index in [-0.39, 0.29) is 0 Å². The third-order valence-electron chi connectivity index (χ3n) is 3.79. The van der Waals surface area contributed by atoms with Crippen molar-refractivity contribution in [1.82, 2.24) is 4.90 Å². The van der Waals surface area contributed by atoms with Crippen LogP contribution in [0.5, 0.6) is 0 Å². The van der Waals surface area contributed by atoms with Gasteiger partial charge in [0.05, 0.1) is 23.8 Å². The Bertz CT molecular complexity index is 447. The van der Waals surface area contributed by atoms with Crippen molar-refractivity contribution in [2.24, 2.45) is 0 Å². The minimum Gasteiger partial charge on any atom is -0.387 e. The van der Waals surface area contributed by atoms with Crippen molar-refractivity contribution in [3.05, 3.63) is 35.4 Å². The van der Waals surface area contributed by atoms with Gasteiger partial charge in [-0.2, -0.15) is 5.26 Å². The van der Waals surface area contributed by atoms with E-state index in [4.69, 9.17) is 10.00 Å². The Labute approximate surface area is 120 Å². The molecule has 0 spiro atoms. The van der Waals surface area contributed by atoms with Crippen LogP contribution in [0.1, 0.15) is 37.0 Å². The molecule has 1 N–H and O–H groups in total. The average molecular weight is 274 g/mol. The second-order valence-electron chi connectivity index (χ2n) is 5.24. The molecule has 0 amide bonds. The van der Waals surface area contributed by atoms with E-state index in [9.17, 15) is 5.11 Å². The van der Waals surface area contributed by atoms with E-state index in [0.717, 1.165) is 38.1 Å². The summed E-state index contributed by atoms with van der Waals surface area (Å²) in [6.07, 6.45) is 2.04. The number of likely N-dealkylation sites (N-methyl/N-ethyl adjacent to an activating group) is 1. The first-order chi connectivity index (χ1) is 9.72. The molecule has 1 aromatic rings. The average Bonchev–Trinajstić information content (AvgIpc) is 2.99. The topological polar surface area (TPSA) is 56.5 Å². The van der Waals surface area contributed by atoms with E-state index in [1.165, 1.54) is 0 Å². The van der Waals surface area contributed by atoms with Crippen molar-refractivity contribution in [2.45, 2.75) is 32.0 Å². The Balaban J connectivity index is 1.90. The molecule has 20 heavy (non-hydrogen) atoms. The van der Waals surface area contributed by atoms with Gasteiger partial charge in [-0.25, -0.2) is 0 Å². The maximum absolute atomic E-state index is 10.3. The molecular weight excluding hydrogens is 252 g/mol. The van der Waals surface area contributed by atoms with Gasteiger partial charge in [-0.05, 0) is 37.1 Å². The van der Waals surface area contributed by atoms with Crippen molar-refractivity contribution >= 4 is 0 Å². The molecule has 4 heteroatoms. The highest BCUT2D eigenvalue weighted by atomic mass is 16.5. The molecule has 1 heterocycles. The van der Waals surface area contributed by atoms with E-state index in [1.54, 1.807) is 12.1 Å². The van der Waals surface area contributed by atoms with Gasteiger partial charge in [0.2, 0.25) is 0 Å². The molecule has 0 saturated carbocycles. The molecule has 1 aliphatic heterocycles. The molecule has 0 aromatic heterocycles. The molecule has 1 fully saturated rings. The molecule has 0 aliphatic carbocycles. The summed E-state index contributed by atoms with van der Waals surface area (Å²) in [7, 11) is 0. The van der Waals surface area contributed by atoms with Crippen LogP contribution >= 0.6 is 0 Å². The first kappa shape index (κ1) is 15.0. The number of rotatable bonds is 6. The lowest BCUT2D eigenvalue weighted by molar-refractivity contribution is 0.0516. The number of nitriles is 1. The number of hydrogen-bond acceptors (Lipinski definition) is 4. The summed E-state index contributed by atoms with van der Waals surface area (Å²) in [5, 5.41) is 19.1. The number of benzene rings is 1. The lowest BCUT2D eigenvalue weighted by atomic mass is 10.1. The summed E-state index contributed by atoms with van der Waals surface area (Å²) in [5.41, 5.74) is 1.47. The third kappa shape index (κ3) is 4.04. The van der Waals surface area contributed by atoms with E-state index in [1.807, 2.05) is 12.1 Å². The Hall–Kier alpha value is -1.41. The van der Waals surface area contributed by atoms with Gasteiger partial charge in [0, 0.05) is 19.7 Å². The first-order valence-electron chi connectivity index (χ1n) is 7.25. The van der Waals surface area contributed by atoms with Crippen molar-refractivity contribution in [3.63, 3.8) is 0 Å². The highest BCUT2D eigenvalue weighted by molar-refractivity contribution is 5.32. The van der Waals surface area contributed by atoms with Crippen LogP contribution in [0, 0.1) is 11.3 Å². The zero-order valence-corrected chi connectivity index (χ0v) is 12.0. The summed E-state index contributed by atoms with van der Waals surface area (Å²) in [5.74, 6) is 0. The molecule has 0 bridgehead atoms. The SMILES string of the molecule is CCN(CC1CCCO1)CC(O)c1ccc(C#N)cc1. The number of aliphatic hydroxyl groups excluding tert-OH is 1. The molecule has 1 saturated heterocycles. The fourth-order valence-electron chi connectivity index (χ4n) is 2.54. The van der Waals surface area contributed by atoms with Gasteiger partial charge in [-0.1, -0.05) is 19.1 Å². The number of nitrogens with zero attached hydrogens (tertiary/aromatic N) is 2. The van der Waals surface area contributed by atoms with Gasteiger partial charge in [0.25, 0.3) is 0 Å². The van der Waals surface area contributed by atoms with Gasteiger partial charge in [-0.15, -0.1) is 0 Å². The van der Waals surface area contributed by atoms with E-state index in [2.05, 4.69) is 17.9 Å². The number of ether oxygens (including phenoxy) is 1. The summed E-state index contributed by atoms with van der Waals surface area (Å²) in [6, 6.07) is 9.22. The molecule has 1 aliphatic rings. The number of aliphatic hydroxyl groups is 1. The van der Waals surface area contributed by atoms with Crippen LogP contribution in [0.2, 0.25) is 0 Å². The lowest BCUT2D eigenvalue weighted by Gasteiger charge is -2.26. The smallest absolute Gasteiger partial charge is 0.0991 e. The molecular formula is C16H22N2O2. The lowest BCUT2D eigenvalue weighted by Crippen LogP contribution is -2.35. The molecule has 2 atom stereocenters. The maximum atomic E-state index is 10.3. The van der Waals surface area contributed by atoms with Crippen LogP contribution in [-0.4, -0.2) is 42.4 Å². The second kappa shape index (κ2) is 7.39. The maximum Gasteiger partial charge on any atom is 0.0991 e. The molecule has 1 aromatic carbocycles. The molecule has 2 rings (SSSR count). The van der Waals surface area contributed by atoms with Gasteiger partial charge >= 0.3 is 0 Å². The Morgan fingerprint density at radius 1 is 1.45 bits per heavy atom. The Morgan fingerprint density at radius 3 is 2.75 bits per heavy atom. The summed E-state index contributed by atoms with van der Waals surface area (Å²) in [4.78, 5) is 2.22. The zero-order valence-electron chi connectivity index (χ0n) is 12.0. The van der Waals surface area contributed by atoms with Crippen LogP contribution < -0.4 is 0 Å². The second-order valence-corrected chi connectivity index (χ2v) is 5.24. The van der Waals surface area contributed by atoms with Crippen LogP contribution in [-0.2, 0) is 4.74 Å². The fraction of sp³-hybridized carbons (Fsp3) is 0.562.